The lowest BCUT2D eigenvalue weighted by Gasteiger charge is -2.14. The van der Waals surface area contributed by atoms with Gasteiger partial charge in [-0.05, 0) is 37.8 Å². The zero-order valence-electron chi connectivity index (χ0n) is 12.9. The molecule has 0 saturated heterocycles. The second kappa shape index (κ2) is 7.53. The summed E-state index contributed by atoms with van der Waals surface area (Å²) < 4.78 is 0. The molecule has 0 spiro atoms. The van der Waals surface area contributed by atoms with Gasteiger partial charge < -0.3 is 10.4 Å². The molecule has 0 unspecified atom stereocenters. The molecular formula is C17H20N4O. The standard InChI is InChI=1S/C17H20N4O/c1-12-13(2)20-21-17(16(12)10-18)19-11-15(22)9-8-14-6-4-3-5-7-14/h3-7,15,22H,8-9,11H2,1-2H3,(H,19,21)/t15-/m0/s1. The monoisotopic (exact) mass is 296 g/mol. The average Bonchev–Trinajstić information content (AvgIpc) is 2.55. The van der Waals surface area contributed by atoms with Crippen LogP contribution in [0.3, 0.4) is 0 Å². The Balaban J connectivity index is 1.90. The highest BCUT2D eigenvalue weighted by Crippen LogP contribution is 2.17. The zero-order valence-corrected chi connectivity index (χ0v) is 12.9. The van der Waals surface area contributed by atoms with Crippen LogP contribution in [0.15, 0.2) is 30.3 Å². The molecule has 0 aliphatic rings. The number of benzene rings is 1. The van der Waals surface area contributed by atoms with Gasteiger partial charge in [-0.25, -0.2) is 0 Å². The van der Waals surface area contributed by atoms with E-state index in [0.717, 1.165) is 17.7 Å². The maximum Gasteiger partial charge on any atom is 0.167 e. The minimum atomic E-state index is -0.504. The van der Waals surface area contributed by atoms with Crippen LogP contribution in [0.5, 0.6) is 0 Å². The molecule has 1 aromatic heterocycles. The van der Waals surface area contributed by atoms with Crippen LogP contribution in [0.1, 0.15) is 28.8 Å². The number of nitrogens with zero attached hydrogens (tertiary/aromatic N) is 3. The lowest BCUT2D eigenvalue weighted by atomic mass is 10.1. The van der Waals surface area contributed by atoms with Crippen molar-refractivity contribution in [3.8, 4) is 6.07 Å². The van der Waals surface area contributed by atoms with E-state index in [2.05, 4.69) is 21.6 Å². The first-order valence-electron chi connectivity index (χ1n) is 7.31. The Labute approximate surface area is 130 Å². The molecule has 0 amide bonds. The highest BCUT2D eigenvalue weighted by molar-refractivity contribution is 5.55. The predicted octanol–water partition coefficient (Wildman–Crippen LogP) is 2.37. The summed E-state index contributed by atoms with van der Waals surface area (Å²) in [7, 11) is 0. The lowest BCUT2D eigenvalue weighted by Crippen LogP contribution is -2.21. The fourth-order valence-electron chi connectivity index (χ4n) is 2.16. The summed E-state index contributed by atoms with van der Waals surface area (Å²) in [6.45, 7) is 4.01. The van der Waals surface area contributed by atoms with Crippen molar-refractivity contribution in [3.05, 3.63) is 52.7 Å². The Hall–Kier alpha value is -2.45. The summed E-state index contributed by atoms with van der Waals surface area (Å²) >= 11 is 0. The Morgan fingerprint density at radius 3 is 2.64 bits per heavy atom. The number of anilines is 1. The van der Waals surface area contributed by atoms with Gasteiger partial charge >= 0.3 is 0 Å². The number of aryl methyl sites for hydroxylation is 2. The summed E-state index contributed by atoms with van der Waals surface area (Å²) in [6, 6.07) is 12.2. The molecule has 1 atom stereocenters. The largest absolute Gasteiger partial charge is 0.391 e. The van der Waals surface area contributed by atoms with Crippen molar-refractivity contribution in [3.63, 3.8) is 0 Å². The van der Waals surface area contributed by atoms with Crippen LogP contribution >= 0.6 is 0 Å². The molecule has 0 radical (unpaired) electrons. The summed E-state index contributed by atoms with van der Waals surface area (Å²) in [5.41, 5.74) is 3.25. The lowest BCUT2D eigenvalue weighted by molar-refractivity contribution is 0.177. The fourth-order valence-corrected chi connectivity index (χ4v) is 2.16. The first-order valence-corrected chi connectivity index (χ1v) is 7.31. The van der Waals surface area contributed by atoms with Crippen LogP contribution in [-0.2, 0) is 6.42 Å². The molecular weight excluding hydrogens is 276 g/mol. The van der Waals surface area contributed by atoms with Gasteiger partial charge in [-0.15, -0.1) is 5.10 Å². The summed E-state index contributed by atoms with van der Waals surface area (Å²) in [5.74, 6) is 0.435. The summed E-state index contributed by atoms with van der Waals surface area (Å²) in [6.07, 6.45) is 0.958. The molecule has 5 nitrogen and oxygen atoms in total. The molecule has 2 N–H and O–H groups in total. The van der Waals surface area contributed by atoms with E-state index in [1.807, 2.05) is 44.2 Å². The van der Waals surface area contributed by atoms with Crippen molar-refractivity contribution < 1.29 is 5.11 Å². The second-order valence-corrected chi connectivity index (χ2v) is 5.30. The van der Waals surface area contributed by atoms with E-state index in [1.165, 1.54) is 5.56 Å². The molecule has 1 aromatic carbocycles. The number of rotatable bonds is 6. The number of hydrogen-bond donors (Lipinski definition) is 2. The van der Waals surface area contributed by atoms with E-state index in [4.69, 9.17) is 0 Å². The average molecular weight is 296 g/mol. The fraction of sp³-hybridized carbons (Fsp3) is 0.353. The number of nitrogens with one attached hydrogen (secondary N) is 1. The summed E-state index contributed by atoms with van der Waals surface area (Å²) in [5, 5.41) is 30.3. The van der Waals surface area contributed by atoms with Crippen molar-refractivity contribution in [1.29, 1.82) is 5.26 Å². The molecule has 0 fully saturated rings. The third kappa shape index (κ3) is 4.03. The Morgan fingerprint density at radius 2 is 1.95 bits per heavy atom. The van der Waals surface area contributed by atoms with Gasteiger partial charge in [0.05, 0.1) is 11.8 Å². The zero-order chi connectivity index (χ0) is 15.9. The Bertz CT molecular complexity index is 664. The van der Waals surface area contributed by atoms with Gasteiger partial charge in [-0.1, -0.05) is 30.3 Å². The predicted molar refractivity (Wildman–Crippen MR) is 85.5 cm³/mol. The number of hydrogen-bond acceptors (Lipinski definition) is 5. The van der Waals surface area contributed by atoms with E-state index in [1.54, 1.807) is 0 Å². The van der Waals surface area contributed by atoms with E-state index in [0.29, 0.717) is 24.3 Å². The minimum Gasteiger partial charge on any atom is -0.391 e. The van der Waals surface area contributed by atoms with Crippen molar-refractivity contribution in [2.75, 3.05) is 11.9 Å². The normalized spacial score (nSPS) is 11.7. The topological polar surface area (TPSA) is 81.8 Å². The van der Waals surface area contributed by atoms with E-state index in [9.17, 15) is 10.4 Å². The maximum absolute atomic E-state index is 10.1. The maximum atomic E-state index is 10.1. The highest BCUT2D eigenvalue weighted by Gasteiger charge is 2.12. The third-order valence-electron chi connectivity index (χ3n) is 3.68. The van der Waals surface area contributed by atoms with E-state index >= 15 is 0 Å². The molecule has 0 bridgehead atoms. The first-order chi connectivity index (χ1) is 10.6. The molecule has 0 aliphatic carbocycles. The van der Waals surface area contributed by atoms with Crippen LogP contribution in [0.25, 0.3) is 0 Å². The SMILES string of the molecule is Cc1nnc(NC[C@@H](O)CCc2ccccc2)c(C#N)c1C. The first kappa shape index (κ1) is 15.9. The molecule has 0 saturated carbocycles. The van der Waals surface area contributed by atoms with Crippen molar-refractivity contribution >= 4 is 5.82 Å². The Kier molecular flexibility index (Phi) is 5.45. The van der Waals surface area contributed by atoms with Crippen molar-refractivity contribution in [1.82, 2.24) is 10.2 Å². The van der Waals surface area contributed by atoms with Crippen LogP contribution in [0.4, 0.5) is 5.82 Å². The van der Waals surface area contributed by atoms with Gasteiger partial charge in [0.2, 0.25) is 0 Å². The Morgan fingerprint density at radius 1 is 1.23 bits per heavy atom. The minimum absolute atomic E-state index is 0.346. The van der Waals surface area contributed by atoms with Gasteiger partial charge in [0.15, 0.2) is 5.82 Å². The molecule has 2 aromatic rings. The molecule has 5 heteroatoms. The quantitative estimate of drug-likeness (QED) is 0.855. The van der Waals surface area contributed by atoms with E-state index < -0.39 is 6.10 Å². The van der Waals surface area contributed by atoms with Crippen LogP contribution in [-0.4, -0.2) is 28.0 Å². The number of aromatic nitrogens is 2. The van der Waals surface area contributed by atoms with Gasteiger partial charge in [0.25, 0.3) is 0 Å². The van der Waals surface area contributed by atoms with Gasteiger partial charge in [-0.2, -0.15) is 10.4 Å². The van der Waals surface area contributed by atoms with Crippen molar-refractivity contribution in [2.45, 2.75) is 32.8 Å². The van der Waals surface area contributed by atoms with Crippen LogP contribution in [0, 0.1) is 25.2 Å². The molecule has 22 heavy (non-hydrogen) atoms. The second-order valence-electron chi connectivity index (χ2n) is 5.30. The third-order valence-corrected chi connectivity index (χ3v) is 3.68. The molecule has 1 heterocycles. The number of aliphatic hydroxyl groups excluding tert-OH is 1. The van der Waals surface area contributed by atoms with E-state index in [-0.39, 0.29) is 0 Å². The number of aliphatic hydroxyl groups is 1. The van der Waals surface area contributed by atoms with Crippen LogP contribution in [0.2, 0.25) is 0 Å². The van der Waals surface area contributed by atoms with Gasteiger partial charge in [0.1, 0.15) is 11.6 Å². The molecule has 114 valence electrons. The van der Waals surface area contributed by atoms with Gasteiger partial charge in [0, 0.05) is 6.54 Å². The highest BCUT2D eigenvalue weighted by atomic mass is 16.3. The van der Waals surface area contributed by atoms with Gasteiger partial charge in [-0.3, -0.25) is 0 Å². The molecule has 0 aliphatic heterocycles. The smallest absolute Gasteiger partial charge is 0.167 e. The number of nitriles is 1. The molecule has 2 rings (SSSR count). The summed E-state index contributed by atoms with van der Waals surface area (Å²) in [4.78, 5) is 0. The van der Waals surface area contributed by atoms with Crippen molar-refractivity contribution in [2.24, 2.45) is 0 Å². The van der Waals surface area contributed by atoms with Crippen LogP contribution < -0.4 is 5.32 Å².